The zero-order chi connectivity index (χ0) is 15.2. The van der Waals surface area contributed by atoms with Crippen LogP contribution in [0.1, 0.15) is 29.6 Å². The standard InChI is InChI=1S/C13H14FNO4S/c1-2-3-4-5-8-15-20(18,19)12-9-10(13(16)17)6-7-11(12)14/h1,6-7,9,15H,3-5,8H2,(H,16,17). The molecule has 0 aliphatic rings. The molecule has 0 saturated heterocycles. The summed E-state index contributed by atoms with van der Waals surface area (Å²) in [6, 6.07) is 2.61. The van der Waals surface area contributed by atoms with Crippen LogP contribution in [0.25, 0.3) is 0 Å². The molecule has 0 spiro atoms. The van der Waals surface area contributed by atoms with Gasteiger partial charge in [0.15, 0.2) is 0 Å². The van der Waals surface area contributed by atoms with E-state index in [0.717, 1.165) is 18.2 Å². The number of carboxylic acid groups (broad SMARTS) is 1. The van der Waals surface area contributed by atoms with Crippen molar-refractivity contribution in [2.24, 2.45) is 0 Å². The number of sulfonamides is 1. The maximum Gasteiger partial charge on any atom is 0.335 e. The fourth-order valence-corrected chi connectivity index (χ4v) is 2.65. The number of carbonyl (C=O) groups is 1. The monoisotopic (exact) mass is 299 g/mol. The number of carboxylic acids is 1. The first-order chi connectivity index (χ1) is 9.38. The van der Waals surface area contributed by atoms with Gasteiger partial charge in [0.05, 0.1) is 5.56 Å². The predicted molar refractivity (Wildman–Crippen MR) is 71.2 cm³/mol. The molecular formula is C13H14FNO4S. The van der Waals surface area contributed by atoms with Crippen LogP contribution in [0, 0.1) is 18.2 Å². The van der Waals surface area contributed by atoms with Gasteiger partial charge in [0.1, 0.15) is 10.7 Å². The van der Waals surface area contributed by atoms with Gasteiger partial charge in [-0.1, -0.05) is 0 Å². The summed E-state index contributed by atoms with van der Waals surface area (Å²) < 4.78 is 39.5. The van der Waals surface area contributed by atoms with Crippen LogP contribution in [0.2, 0.25) is 0 Å². The number of terminal acetylenes is 1. The molecule has 0 fully saturated rings. The van der Waals surface area contributed by atoms with Gasteiger partial charge < -0.3 is 5.11 Å². The summed E-state index contributed by atoms with van der Waals surface area (Å²) in [6.45, 7) is 0.112. The van der Waals surface area contributed by atoms with Crippen molar-refractivity contribution in [3.63, 3.8) is 0 Å². The molecule has 0 amide bonds. The van der Waals surface area contributed by atoms with Gasteiger partial charge in [-0.15, -0.1) is 12.3 Å². The number of hydrogen-bond donors (Lipinski definition) is 2. The van der Waals surface area contributed by atoms with Crippen LogP contribution in [-0.4, -0.2) is 26.0 Å². The summed E-state index contributed by atoms with van der Waals surface area (Å²) in [5, 5.41) is 8.78. The summed E-state index contributed by atoms with van der Waals surface area (Å²) in [4.78, 5) is 10.1. The van der Waals surface area contributed by atoms with E-state index in [0.29, 0.717) is 19.3 Å². The molecule has 0 saturated carbocycles. The van der Waals surface area contributed by atoms with E-state index in [1.54, 1.807) is 0 Å². The number of benzene rings is 1. The minimum absolute atomic E-state index is 0.112. The lowest BCUT2D eigenvalue weighted by Crippen LogP contribution is -2.26. The Labute approximate surface area is 116 Å². The Balaban J connectivity index is 2.84. The highest BCUT2D eigenvalue weighted by Gasteiger charge is 2.20. The Morgan fingerprint density at radius 3 is 2.70 bits per heavy atom. The number of nitrogens with one attached hydrogen (secondary N) is 1. The van der Waals surface area contributed by atoms with E-state index in [4.69, 9.17) is 11.5 Å². The zero-order valence-corrected chi connectivity index (χ0v) is 11.4. The molecule has 1 aromatic rings. The molecule has 0 aliphatic heterocycles. The summed E-state index contributed by atoms with van der Waals surface area (Å²) in [5.74, 6) is 0.106. The lowest BCUT2D eigenvalue weighted by molar-refractivity contribution is 0.0696. The van der Waals surface area contributed by atoms with E-state index in [9.17, 15) is 17.6 Å². The molecule has 0 bridgehead atoms. The Kier molecular flexibility index (Phi) is 5.67. The Morgan fingerprint density at radius 2 is 2.10 bits per heavy atom. The highest BCUT2D eigenvalue weighted by atomic mass is 32.2. The minimum atomic E-state index is -4.07. The number of halogens is 1. The van der Waals surface area contributed by atoms with Crippen LogP contribution in [0.4, 0.5) is 4.39 Å². The van der Waals surface area contributed by atoms with E-state index in [1.807, 2.05) is 0 Å². The lowest BCUT2D eigenvalue weighted by Gasteiger charge is -2.08. The molecule has 20 heavy (non-hydrogen) atoms. The first-order valence-corrected chi connectivity index (χ1v) is 7.33. The van der Waals surface area contributed by atoms with Gasteiger partial charge in [-0.3, -0.25) is 0 Å². The number of hydrogen-bond acceptors (Lipinski definition) is 3. The van der Waals surface area contributed by atoms with Gasteiger partial charge in [0.25, 0.3) is 0 Å². The van der Waals surface area contributed by atoms with E-state index >= 15 is 0 Å². The summed E-state index contributed by atoms with van der Waals surface area (Å²) in [6.07, 6.45) is 6.76. The molecule has 0 heterocycles. The van der Waals surface area contributed by atoms with Crippen LogP contribution in [-0.2, 0) is 10.0 Å². The average Bonchev–Trinajstić information content (AvgIpc) is 2.38. The molecule has 2 N–H and O–H groups in total. The third-order valence-corrected chi connectivity index (χ3v) is 3.98. The molecule has 108 valence electrons. The first kappa shape index (κ1) is 16.1. The molecule has 5 nitrogen and oxygen atoms in total. The topological polar surface area (TPSA) is 83.5 Å². The molecule has 7 heteroatoms. The van der Waals surface area contributed by atoms with Gasteiger partial charge in [-0.25, -0.2) is 22.3 Å². The van der Waals surface area contributed by atoms with Crippen molar-refractivity contribution in [2.75, 3.05) is 6.54 Å². The third-order valence-electron chi connectivity index (χ3n) is 2.51. The van der Waals surface area contributed by atoms with Gasteiger partial charge in [-0.2, -0.15) is 0 Å². The van der Waals surface area contributed by atoms with Crippen molar-refractivity contribution < 1.29 is 22.7 Å². The SMILES string of the molecule is C#CCCCCNS(=O)(=O)c1cc(C(=O)O)ccc1F. The first-order valence-electron chi connectivity index (χ1n) is 5.84. The summed E-state index contributed by atoms with van der Waals surface area (Å²) in [5.41, 5.74) is -0.292. The van der Waals surface area contributed by atoms with Crippen LogP contribution in [0.3, 0.4) is 0 Å². The molecule has 1 aromatic carbocycles. The number of rotatable bonds is 7. The Bertz CT molecular complexity index is 634. The fraction of sp³-hybridized carbons (Fsp3) is 0.308. The molecule has 0 aliphatic carbocycles. The smallest absolute Gasteiger partial charge is 0.335 e. The normalized spacial score (nSPS) is 11.0. The van der Waals surface area contributed by atoms with Crippen molar-refractivity contribution in [1.29, 1.82) is 0 Å². The van der Waals surface area contributed by atoms with Crippen molar-refractivity contribution in [2.45, 2.75) is 24.2 Å². The summed E-state index contributed by atoms with van der Waals surface area (Å²) >= 11 is 0. The van der Waals surface area contributed by atoms with Crippen molar-refractivity contribution in [1.82, 2.24) is 4.72 Å². The van der Waals surface area contributed by atoms with Gasteiger partial charge in [0.2, 0.25) is 10.0 Å². The van der Waals surface area contributed by atoms with Gasteiger partial charge in [-0.05, 0) is 31.0 Å². The Morgan fingerprint density at radius 1 is 1.40 bits per heavy atom. The second-order valence-corrected chi connectivity index (χ2v) is 5.74. The average molecular weight is 299 g/mol. The van der Waals surface area contributed by atoms with Gasteiger partial charge in [0, 0.05) is 13.0 Å². The highest BCUT2D eigenvalue weighted by molar-refractivity contribution is 7.89. The van der Waals surface area contributed by atoms with Crippen molar-refractivity contribution in [3.05, 3.63) is 29.6 Å². The lowest BCUT2D eigenvalue weighted by atomic mass is 10.2. The van der Waals surface area contributed by atoms with Crippen LogP contribution in [0.15, 0.2) is 23.1 Å². The Hall–Kier alpha value is -1.91. The van der Waals surface area contributed by atoms with Crippen LogP contribution >= 0.6 is 0 Å². The molecule has 0 aromatic heterocycles. The largest absolute Gasteiger partial charge is 0.478 e. The van der Waals surface area contributed by atoms with Crippen LogP contribution < -0.4 is 4.72 Å². The second-order valence-electron chi connectivity index (χ2n) is 4.01. The quantitative estimate of drug-likeness (QED) is 0.592. The van der Waals surface area contributed by atoms with E-state index in [-0.39, 0.29) is 12.1 Å². The molecule has 0 unspecified atom stereocenters. The van der Waals surface area contributed by atoms with E-state index in [2.05, 4.69) is 10.6 Å². The predicted octanol–water partition coefficient (Wildman–Crippen LogP) is 1.61. The highest BCUT2D eigenvalue weighted by Crippen LogP contribution is 2.16. The van der Waals surface area contributed by atoms with E-state index in [1.165, 1.54) is 0 Å². The molecule has 0 radical (unpaired) electrons. The molecule has 1 rings (SSSR count). The maximum absolute atomic E-state index is 13.5. The number of aromatic carboxylic acids is 1. The molecule has 0 atom stereocenters. The third kappa shape index (κ3) is 4.33. The second kappa shape index (κ2) is 7.03. The zero-order valence-electron chi connectivity index (χ0n) is 10.6. The maximum atomic E-state index is 13.5. The van der Waals surface area contributed by atoms with Crippen molar-refractivity contribution in [3.8, 4) is 12.3 Å². The van der Waals surface area contributed by atoms with E-state index < -0.39 is 26.7 Å². The molecular weight excluding hydrogens is 285 g/mol. The van der Waals surface area contributed by atoms with Crippen LogP contribution in [0.5, 0.6) is 0 Å². The summed E-state index contributed by atoms with van der Waals surface area (Å²) in [7, 11) is -4.07. The van der Waals surface area contributed by atoms with Gasteiger partial charge >= 0.3 is 5.97 Å². The fourth-order valence-electron chi connectivity index (χ4n) is 1.48. The number of unbranched alkanes of at least 4 members (excludes halogenated alkanes) is 2. The van der Waals surface area contributed by atoms with Crippen molar-refractivity contribution >= 4 is 16.0 Å². The minimum Gasteiger partial charge on any atom is -0.478 e.